The molecule has 2 aliphatic rings. The summed E-state index contributed by atoms with van der Waals surface area (Å²) >= 11 is 0. The summed E-state index contributed by atoms with van der Waals surface area (Å²) in [6, 6.07) is 6.88. The van der Waals surface area contributed by atoms with E-state index >= 15 is 0 Å². The Labute approximate surface area is 139 Å². The Balaban J connectivity index is 1.65. The third-order valence-corrected chi connectivity index (χ3v) is 4.54. The number of likely N-dealkylation sites (tertiary alicyclic amines) is 1. The molecule has 2 aliphatic heterocycles. The van der Waals surface area contributed by atoms with Crippen LogP contribution in [0.2, 0.25) is 0 Å². The molecule has 7 nitrogen and oxygen atoms in total. The molecule has 1 unspecified atom stereocenters. The van der Waals surface area contributed by atoms with Crippen LogP contribution in [-0.2, 0) is 20.9 Å². The summed E-state index contributed by atoms with van der Waals surface area (Å²) in [6.45, 7) is 1.59. The first kappa shape index (κ1) is 16.4. The molecule has 1 aromatic rings. The number of hydrogen-bond donors (Lipinski definition) is 2. The highest BCUT2D eigenvalue weighted by atomic mass is 16.5. The smallest absolute Gasteiger partial charge is 0.331 e. The summed E-state index contributed by atoms with van der Waals surface area (Å²) < 4.78 is 5.13. The number of amides is 2. The zero-order chi connectivity index (χ0) is 17.2. The topological polar surface area (TPSA) is 95.9 Å². The Hall–Kier alpha value is -2.41. The van der Waals surface area contributed by atoms with Gasteiger partial charge in [-0.05, 0) is 24.1 Å². The van der Waals surface area contributed by atoms with E-state index in [1.165, 1.54) is 0 Å². The molecule has 0 aliphatic carbocycles. The molecule has 2 fully saturated rings. The molecule has 2 amide bonds. The standard InChI is InChI=1S/C17H20N2O5/c20-14-2-1-8-19(14)10-12-3-5-13(6-4-12)15(21)18-17(16(22)23)7-9-24-11-17/h3-6H,1-2,7-11H2,(H,18,21)(H,22,23). The molecule has 0 saturated carbocycles. The summed E-state index contributed by atoms with van der Waals surface area (Å²) in [6.07, 6.45) is 1.74. The third kappa shape index (κ3) is 3.26. The van der Waals surface area contributed by atoms with Gasteiger partial charge >= 0.3 is 5.97 Å². The fourth-order valence-electron chi connectivity index (χ4n) is 3.03. The van der Waals surface area contributed by atoms with Gasteiger partial charge in [-0.1, -0.05) is 12.1 Å². The van der Waals surface area contributed by atoms with E-state index in [0.29, 0.717) is 25.1 Å². The van der Waals surface area contributed by atoms with Crippen LogP contribution in [0.15, 0.2) is 24.3 Å². The van der Waals surface area contributed by atoms with Crippen LogP contribution < -0.4 is 5.32 Å². The van der Waals surface area contributed by atoms with Crippen molar-refractivity contribution >= 4 is 17.8 Å². The predicted octanol–water partition coefficient (Wildman–Crippen LogP) is 0.782. The number of rotatable bonds is 5. The molecule has 7 heteroatoms. The molecular weight excluding hydrogens is 312 g/mol. The van der Waals surface area contributed by atoms with Gasteiger partial charge in [0.1, 0.15) is 0 Å². The van der Waals surface area contributed by atoms with Crippen molar-refractivity contribution in [1.29, 1.82) is 0 Å². The molecule has 2 N–H and O–H groups in total. The first-order valence-electron chi connectivity index (χ1n) is 8.00. The van der Waals surface area contributed by atoms with E-state index in [1.807, 2.05) is 0 Å². The number of carboxylic acid groups (broad SMARTS) is 1. The molecule has 3 rings (SSSR count). The quantitative estimate of drug-likeness (QED) is 0.831. The highest BCUT2D eigenvalue weighted by molar-refractivity contribution is 5.98. The van der Waals surface area contributed by atoms with Gasteiger partial charge < -0.3 is 20.1 Å². The SMILES string of the molecule is O=C(NC1(C(=O)O)CCOC1)c1ccc(CN2CCCC2=O)cc1. The molecule has 0 aromatic heterocycles. The third-order valence-electron chi connectivity index (χ3n) is 4.54. The van der Waals surface area contributed by atoms with Crippen molar-refractivity contribution < 1.29 is 24.2 Å². The lowest BCUT2D eigenvalue weighted by atomic mass is 9.98. The average molecular weight is 332 g/mol. The van der Waals surface area contributed by atoms with E-state index in [4.69, 9.17) is 4.74 Å². The van der Waals surface area contributed by atoms with E-state index in [2.05, 4.69) is 5.32 Å². The van der Waals surface area contributed by atoms with Gasteiger partial charge in [-0.3, -0.25) is 9.59 Å². The average Bonchev–Trinajstić information content (AvgIpc) is 3.19. The van der Waals surface area contributed by atoms with Crippen molar-refractivity contribution in [1.82, 2.24) is 10.2 Å². The molecule has 24 heavy (non-hydrogen) atoms. The van der Waals surface area contributed by atoms with Crippen molar-refractivity contribution in [3.63, 3.8) is 0 Å². The Morgan fingerprint density at radius 2 is 2.04 bits per heavy atom. The second kappa shape index (κ2) is 6.60. The number of aliphatic carboxylic acids is 1. The summed E-state index contributed by atoms with van der Waals surface area (Å²) in [5, 5.41) is 11.9. The van der Waals surface area contributed by atoms with Gasteiger partial charge in [-0.2, -0.15) is 0 Å². The minimum absolute atomic E-state index is 0.0246. The fourth-order valence-corrected chi connectivity index (χ4v) is 3.03. The number of nitrogens with zero attached hydrogens (tertiary/aromatic N) is 1. The largest absolute Gasteiger partial charge is 0.479 e. The van der Waals surface area contributed by atoms with E-state index in [1.54, 1.807) is 29.2 Å². The molecule has 0 spiro atoms. The second-order valence-corrected chi connectivity index (χ2v) is 6.26. The number of ether oxygens (including phenoxy) is 1. The molecule has 2 heterocycles. The van der Waals surface area contributed by atoms with Crippen molar-refractivity contribution in [3.8, 4) is 0 Å². The van der Waals surface area contributed by atoms with Crippen molar-refractivity contribution in [2.75, 3.05) is 19.8 Å². The van der Waals surface area contributed by atoms with Crippen LogP contribution in [0.4, 0.5) is 0 Å². The van der Waals surface area contributed by atoms with Crippen LogP contribution in [0, 0.1) is 0 Å². The maximum atomic E-state index is 12.3. The Kier molecular flexibility index (Phi) is 4.53. The van der Waals surface area contributed by atoms with E-state index in [9.17, 15) is 19.5 Å². The molecule has 1 aromatic carbocycles. The summed E-state index contributed by atoms with van der Waals surface area (Å²) in [7, 11) is 0. The van der Waals surface area contributed by atoms with Gasteiger partial charge in [0, 0.05) is 38.1 Å². The van der Waals surface area contributed by atoms with E-state index in [-0.39, 0.29) is 18.9 Å². The van der Waals surface area contributed by atoms with Crippen molar-refractivity contribution in [2.24, 2.45) is 0 Å². The summed E-state index contributed by atoms with van der Waals surface area (Å²) in [4.78, 5) is 37.2. The van der Waals surface area contributed by atoms with Crippen molar-refractivity contribution in [2.45, 2.75) is 31.3 Å². The molecule has 128 valence electrons. The fraction of sp³-hybridized carbons (Fsp3) is 0.471. The van der Waals surface area contributed by atoms with Crippen LogP contribution in [0.3, 0.4) is 0 Å². The first-order valence-corrected chi connectivity index (χ1v) is 8.00. The maximum absolute atomic E-state index is 12.3. The zero-order valence-electron chi connectivity index (χ0n) is 13.3. The lowest BCUT2D eigenvalue weighted by molar-refractivity contribution is -0.144. The Morgan fingerprint density at radius 1 is 1.29 bits per heavy atom. The predicted molar refractivity (Wildman–Crippen MR) is 84.4 cm³/mol. The molecule has 2 saturated heterocycles. The number of hydrogen-bond acceptors (Lipinski definition) is 4. The Bertz CT molecular complexity index is 649. The molecule has 0 radical (unpaired) electrons. The van der Waals surface area contributed by atoms with Crippen LogP contribution in [0.5, 0.6) is 0 Å². The number of carbonyl (C=O) groups is 3. The van der Waals surface area contributed by atoms with Crippen LogP contribution >= 0.6 is 0 Å². The lowest BCUT2D eigenvalue weighted by Crippen LogP contribution is -2.55. The normalized spacial score (nSPS) is 23.5. The summed E-state index contributed by atoms with van der Waals surface area (Å²) in [5.74, 6) is -1.37. The van der Waals surface area contributed by atoms with Crippen LogP contribution in [0.25, 0.3) is 0 Å². The van der Waals surface area contributed by atoms with Gasteiger partial charge in [0.05, 0.1) is 6.61 Å². The van der Waals surface area contributed by atoms with Crippen LogP contribution in [0.1, 0.15) is 35.2 Å². The van der Waals surface area contributed by atoms with Gasteiger partial charge in [0.25, 0.3) is 5.91 Å². The maximum Gasteiger partial charge on any atom is 0.331 e. The monoisotopic (exact) mass is 332 g/mol. The van der Waals surface area contributed by atoms with Gasteiger partial charge in [-0.15, -0.1) is 0 Å². The van der Waals surface area contributed by atoms with E-state index in [0.717, 1.165) is 18.5 Å². The van der Waals surface area contributed by atoms with E-state index < -0.39 is 17.4 Å². The lowest BCUT2D eigenvalue weighted by Gasteiger charge is -2.23. The number of carboxylic acids is 1. The van der Waals surface area contributed by atoms with Crippen LogP contribution in [-0.4, -0.2) is 53.1 Å². The number of benzene rings is 1. The minimum atomic E-state index is -1.35. The number of nitrogens with one attached hydrogen (secondary N) is 1. The first-order chi connectivity index (χ1) is 11.5. The van der Waals surface area contributed by atoms with Gasteiger partial charge in [-0.25, -0.2) is 4.79 Å². The Morgan fingerprint density at radius 3 is 2.58 bits per heavy atom. The minimum Gasteiger partial charge on any atom is -0.479 e. The van der Waals surface area contributed by atoms with Crippen molar-refractivity contribution in [3.05, 3.63) is 35.4 Å². The second-order valence-electron chi connectivity index (χ2n) is 6.26. The summed E-state index contributed by atoms with van der Waals surface area (Å²) in [5.41, 5.74) is -0.0180. The number of carbonyl (C=O) groups excluding carboxylic acids is 2. The van der Waals surface area contributed by atoms with Gasteiger partial charge in [0.2, 0.25) is 5.91 Å². The molecular formula is C17H20N2O5. The zero-order valence-corrected chi connectivity index (χ0v) is 13.3. The highest BCUT2D eigenvalue weighted by Gasteiger charge is 2.44. The molecule has 0 bridgehead atoms. The van der Waals surface area contributed by atoms with Gasteiger partial charge in [0.15, 0.2) is 5.54 Å². The molecule has 1 atom stereocenters. The highest BCUT2D eigenvalue weighted by Crippen LogP contribution is 2.20.